The van der Waals surface area contributed by atoms with Crippen LogP contribution in [0.2, 0.25) is 74.3 Å². The van der Waals surface area contributed by atoms with Crippen molar-refractivity contribution >= 4 is 234 Å². The van der Waals surface area contributed by atoms with Gasteiger partial charge in [-0.1, -0.05) is 179 Å². The summed E-state index contributed by atoms with van der Waals surface area (Å²) < 4.78 is 15.0. The van der Waals surface area contributed by atoms with Crippen LogP contribution in [0.4, 0.5) is 0 Å². The summed E-state index contributed by atoms with van der Waals surface area (Å²) in [6.45, 7) is 37.9. The number of nitrogens with one attached hydrogen (secondary N) is 1. The van der Waals surface area contributed by atoms with E-state index in [4.69, 9.17) is 123 Å². The molecule has 5 atom stereocenters. The number of carboxylic acids is 1. The van der Waals surface area contributed by atoms with E-state index >= 15 is 0 Å². The lowest BCUT2D eigenvalue weighted by atomic mass is 9.72. The average molecular weight is 2420 g/mol. The molecule has 146 heavy (non-hydrogen) atoms. The molecular formula is C102H133B6Br4Cl8N11O15. The predicted octanol–water partition coefficient (Wildman–Crippen LogP) is 25.3. The Morgan fingerprint density at radius 3 is 1.16 bits per heavy atom. The quantitative estimate of drug-likeness (QED) is 0.00797. The van der Waals surface area contributed by atoms with Crippen LogP contribution in [0.1, 0.15) is 244 Å². The first-order valence-corrected chi connectivity index (χ1v) is 54.2. The monoisotopic (exact) mass is 2410 g/mol. The van der Waals surface area contributed by atoms with Gasteiger partial charge in [-0.05, 0) is 424 Å². The first kappa shape index (κ1) is 129. The second kappa shape index (κ2) is 62.6. The van der Waals surface area contributed by atoms with Gasteiger partial charge in [-0.25, -0.2) is 9.86 Å². The van der Waals surface area contributed by atoms with Crippen LogP contribution in [0.5, 0.6) is 0 Å². The highest BCUT2D eigenvalue weighted by atomic mass is 79.9. The lowest BCUT2D eigenvalue weighted by Crippen LogP contribution is -2.42. The molecule has 0 aliphatic carbocycles. The third-order valence-corrected chi connectivity index (χ3v) is 30.5. The zero-order valence-corrected chi connectivity index (χ0v) is 98.1. The topological polar surface area (TPSA) is 364 Å². The molecule has 26 nitrogen and oxygen atoms in total. The molecule has 788 valence electrons. The highest BCUT2D eigenvalue weighted by molar-refractivity contribution is 9.11. The number of hydroxylamine groups is 2. The number of nitrogens with zero attached hydrogens (tertiary/aromatic N) is 9. The number of Topliss-reactive ketones (excluding diaryl/α,β-unsaturated/α-hetero) is 1. The van der Waals surface area contributed by atoms with Gasteiger partial charge in [-0.15, -0.1) is 0 Å². The molecular weight excluding hydrogens is 2290 g/mol. The van der Waals surface area contributed by atoms with Crippen molar-refractivity contribution in [2.75, 3.05) is 79.6 Å². The van der Waals surface area contributed by atoms with E-state index in [-0.39, 0.29) is 73.7 Å². The molecule has 8 aromatic carbocycles. The summed E-state index contributed by atoms with van der Waals surface area (Å²) in [5.74, 6) is -0.339. The minimum atomic E-state index is -0.987. The summed E-state index contributed by atoms with van der Waals surface area (Å²) in [7, 11) is 0.760. The van der Waals surface area contributed by atoms with Crippen LogP contribution in [0.3, 0.4) is 0 Å². The largest absolute Gasteiger partial charge is 0.490 e. The second-order valence-electron chi connectivity index (χ2n) is 37.2. The second-order valence-corrected chi connectivity index (χ2v) is 44.1. The van der Waals surface area contributed by atoms with E-state index in [9.17, 15) is 54.5 Å². The lowest BCUT2D eigenvalue weighted by molar-refractivity contribution is -0.119. The van der Waals surface area contributed by atoms with Crippen molar-refractivity contribution in [1.29, 1.82) is 0 Å². The Kier molecular flexibility index (Phi) is 55.4. The van der Waals surface area contributed by atoms with E-state index in [0.717, 1.165) is 168 Å². The SMILES string of the molecule is CB(O)N1CC=C(B2OC(C)(C)C(C)(C)O2)CC1.CB(O)N1CC=C(c2ccc(Cl)cc2C(C)NC(C)=O)CC1.CB(O)N1CC=C(c2ccc(Cl)cc2[C@@H](C)O)CC1.CB(O)N1CCC(c2ccc(Cl)cc2C(C)N)CC1.CB(O)N1CCC(c2ccc(Cl)cc2C(C)N=[N+]=[N-])CC1.CC(=O)c1cc(Cl)ccc1Br.CC(O)c1cc(Cl)ccc1Br.CON(C)C(=O)c1cc(Cl)ccc1Br.O=C(O)c1cc(Cl)ccc1Br. The van der Waals surface area contributed by atoms with Crippen LogP contribution in [0, 0.1) is 0 Å². The van der Waals surface area contributed by atoms with Crippen molar-refractivity contribution in [3.05, 3.63) is 305 Å². The molecule has 3 fully saturated rings. The third kappa shape index (κ3) is 41.0. The van der Waals surface area contributed by atoms with E-state index in [2.05, 4.69) is 141 Å². The van der Waals surface area contributed by atoms with Crippen LogP contribution in [-0.2, 0) is 18.9 Å². The number of rotatable bonds is 21. The maximum absolute atomic E-state index is 11.7. The highest BCUT2D eigenvalue weighted by Gasteiger charge is 2.52. The number of aromatic carboxylic acids is 1. The number of carbonyl (C=O) groups is 4. The van der Waals surface area contributed by atoms with E-state index in [1.807, 2.05) is 115 Å². The number of azide groups is 1. The Labute approximate surface area is 937 Å². The summed E-state index contributed by atoms with van der Waals surface area (Å²) in [5.41, 5.74) is 28.7. The molecule has 44 heteroatoms. The first-order chi connectivity index (χ1) is 68.5. The van der Waals surface area contributed by atoms with Crippen molar-refractivity contribution in [3.63, 3.8) is 0 Å². The Morgan fingerprint density at radius 2 is 0.822 bits per heavy atom. The fraction of sp³-hybridized carbons (Fsp3) is 0.431. The number of halogens is 12. The molecule has 6 aliphatic heterocycles. The molecule has 3 saturated heterocycles. The van der Waals surface area contributed by atoms with Crippen LogP contribution < -0.4 is 11.1 Å². The summed E-state index contributed by atoms with van der Waals surface area (Å²) in [6, 6.07) is 43.1. The number of amides is 2. The molecule has 2 amide bonds. The van der Waals surface area contributed by atoms with Gasteiger partial charge < -0.3 is 84.9 Å². The van der Waals surface area contributed by atoms with Gasteiger partial charge in [-0.3, -0.25) is 19.2 Å². The van der Waals surface area contributed by atoms with Crippen LogP contribution >= 0.6 is 157 Å². The number of hydrogen-bond donors (Lipinski definition) is 10. The van der Waals surface area contributed by atoms with Crippen molar-refractivity contribution in [1.82, 2.24) is 34.4 Å². The summed E-state index contributed by atoms with van der Waals surface area (Å²) >= 11 is 60.0. The van der Waals surface area contributed by atoms with Gasteiger partial charge in [0.15, 0.2) is 5.78 Å². The highest BCUT2D eigenvalue weighted by Crippen LogP contribution is 2.43. The zero-order valence-electron chi connectivity index (χ0n) is 85.7. The molecule has 0 saturated carbocycles. The van der Waals surface area contributed by atoms with Crippen LogP contribution in [-0.4, -0.2) is 226 Å². The number of hydrogen-bond acceptors (Lipinski definition) is 21. The van der Waals surface area contributed by atoms with Gasteiger partial charge >= 0.3 is 48.3 Å². The minimum Gasteiger partial charge on any atom is -0.478 e. The van der Waals surface area contributed by atoms with Crippen molar-refractivity contribution in [2.24, 2.45) is 10.8 Å². The molecule has 8 aromatic rings. The summed E-state index contributed by atoms with van der Waals surface area (Å²) in [5, 5.41) is 88.4. The van der Waals surface area contributed by atoms with Gasteiger partial charge in [0, 0.05) is 108 Å². The Morgan fingerprint density at radius 1 is 0.486 bits per heavy atom. The minimum absolute atomic E-state index is 0.00324. The van der Waals surface area contributed by atoms with Crippen molar-refractivity contribution < 1.29 is 73.8 Å². The smallest absolute Gasteiger partial charge is 0.478 e. The van der Waals surface area contributed by atoms with Crippen molar-refractivity contribution in [3.8, 4) is 0 Å². The molecule has 0 spiro atoms. The van der Waals surface area contributed by atoms with E-state index in [1.165, 1.54) is 61.8 Å². The number of carbonyl (C=O) groups excluding carboxylic acids is 3. The van der Waals surface area contributed by atoms with E-state index in [1.54, 1.807) is 102 Å². The standard InChI is InChI=1S/C16H22BClN2O2.C14H20BClN4O.C14H22BClN2O.C14H19BClNO2.C12H23B2NO3.C9H9BrClNO2.C8H8BrClO.C8H6BrClO.C7H4BrClO2/c1-11(19-12(2)21)16-10-14(18)4-5-15(16)13-6-8-20(9-7-13)17(3)22;1-10(18-19-17)14-9-12(16)3-4-13(14)11-5-7-20(8-6-11)15(2)21;1-10(17)14-9-12(16)3-4-13(14)11-5-7-18(8-6-11)15(2)19;1-10(18)14-9-12(16)3-4-13(14)11-5-7-17(8-6-11)15(2)19;1-11(2)12(3,4)18-14(17-11)10-6-8-15(9-7-10)13(5)16;1-12(14-2)9(13)7-5-6(11)3-4-8(7)10;2*1-5(11)7-4-6(10)2-3-8(7)9;8-6-2-1-4(9)3-5(6)7(10)11/h4-6,10-11,22H,7-9H2,1-3H3,(H,19,21);3-4,9-11,21H,5-8H2,1-2H3;3-4,9-11,19H,5-8,17H2,1-2H3;3-5,9-10,18-19H,6-8H2,1-2H3;6,16H,7-9H2,1-5H3;3-5H,1-2H3;2-5,11H,1H3;2-4H,1H3;1-3H,(H,10,11)/t;;;10-;;;;;/m...1...../s1. The Hall–Kier alpha value is -5.64. The maximum atomic E-state index is 11.7. The number of benzene rings is 8. The predicted molar refractivity (Wildman–Crippen MR) is 617 cm³/mol. The molecule has 0 aromatic heterocycles. The molecule has 6 heterocycles. The van der Waals surface area contributed by atoms with E-state index in [0.29, 0.717) is 67.1 Å². The fourth-order valence-corrected chi connectivity index (χ4v) is 20.0. The van der Waals surface area contributed by atoms with Gasteiger partial charge in [-0.2, -0.15) is 0 Å². The van der Waals surface area contributed by atoms with Gasteiger partial charge in [0.2, 0.25) is 5.91 Å². The average Bonchev–Trinajstić information content (AvgIpc) is 1.61. The van der Waals surface area contributed by atoms with E-state index < -0.39 is 39.3 Å². The zero-order chi connectivity index (χ0) is 109. The number of aliphatic hydroxyl groups excluding tert-OH is 2. The number of nitrogens with two attached hydrogens (primary N) is 1. The van der Waals surface area contributed by atoms with Crippen LogP contribution in [0.25, 0.3) is 21.6 Å². The Balaban J connectivity index is 0.000000254. The fourth-order valence-electron chi connectivity index (χ4n) is 16.6. The molecule has 14 rings (SSSR count). The molecule has 0 bridgehead atoms. The number of piperidine rings is 2. The molecule has 6 aliphatic rings. The van der Waals surface area contributed by atoms with Gasteiger partial charge in [0.05, 0.1) is 53.7 Å². The van der Waals surface area contributed by atoms with Gasteiger partial charge in [0.25, 0.3) is 5.91 Å². The number of ketones is 1. The third-order valence-electron chi connectivity index (χ3n) is 25.8. The maximum Gasteiger partial charge on any atom is 0.490 e. The van der Waals surface area contributed by atoms with Crippen LogP contribution in [0.15, 0.2) is 192 Å². The number of aliphatic hydroxyl groups is 2. The normalized spacial score (nSPS) is 16.8. The summed E-state index contributed by atoms with van der Waals surface area (Å²) in [6.07, 6.45) is 12.1. The Bertz CT molecular complexity index is 5720. The molecule has 4 unspecified atom stereocenters. The first-order valence-electron chi connectivity index (χ1n) is 48.0. The lowest BCUT2D eigenvalue weighted by Gasteiger charge is -2.34. The molecule has 0 radical (unpaired) electrons. The van der Waals surface area contributed by atoms with Crippen molar-refractivity contribution in [2.45, 2.75) is 209 Å². The number of carboxylic acid groups (broad SMARTS) is 1. The summed E-state index contributed by atoms with van der Waals surface area (Å²) in [4.78, 5) is 62.3. The van der Waals surface area contributed by atoms with Gasteiger partial charge in [0.1, 0.15) is 0 Å². The molecule has 11 N–H and O–H groups in total.